The number of hydrogen-bond donors (Lipinski definition) is 0. The van der Waals surface area contributed by atoms with Gasteiger partial charge < -0.3 is 66.8 Å². The molecule has 0 saturated heterocycles. The van der Waals surface area contributed by atoms with Gasteiger partial charge in [0.05, 0.1) is 0 Å². The van der Waals surface area contributed by atoms with Crippen LogP contribution in [-0.2, 0) is 42.1 Å². The molecule has 0 atom stereocenters. The van der Waals surface area contributed by atoms with Crippen LogP contribution >= 0.6 is 0 Å². The van der Waals surface area contributed by atoms with Gasteiger partial charge in [0.15, 0.2) is 0 Å². The number of nitrogens with zero attached hydrogens (tertiary/aromatic N) is 4. The quantitative estimate of drug-likeness (QED) is 0.129. The Morgan fingerprint density at radius 3 is 1.25 bits per heavy atom. The fourth-order valence-electron chi connectivity index (χ4n) is 4.03. The van der Waals surface area contributed by atoms with E-state index in [0.29, 0.717) is 34.4 Å². The summed E-state index contributed by atoms with van der Waals surface area (Å²) in [7, 11) is 0. The van der Waals surface area contributed by atoms with Crippen molar-refractivity contribution < 1.29 is 51.6 Å². The van der Waals surface area contributed by atoms with Gasteiger partial charge in [0.2, 0.25) is 11.8 Å². The maximum absolute atomic E-state index is 6.57. The maximum Gasteiger partial charge on any atom is 0.218 e. The van der Waals surface area contributed by atoms with Gasteiger partial charge in [-0.15, -0.1) is 0 Å². The smallest absolute Gasteiger partial charge is 0.218 e. The molecule has 6 nitrogen and oxygen atoms in total. The molecule has 0 unspecified atom stereocenters. The van der Waals surface area contributed by atoms with E-state index in [4.69, 9.17) is 22.3 Å². The minimum Gasteiger partial charge on any atom is -0.669 e. The van der Waals surface area contributed by atoms with Crippen molar-refractivity contribution in [3.8, 4) is 46.5 Å². The molecular formula is C40H32N4O2Pt2-6. The third-order valence-electron chi connectivity index (χ3n) is 7.25. The number of hydrogen-bond acceptors (Lipinski definition) is 4. The molecule has 0 amide bonds. The van der Waals surface area contributed by atoms with E-state index in [2.05, 4.69) is 60.2 Å². The van der Waals surface area contributed by atoms with Gasteiger partial charge >= 0.3 is 0 Å². The Hall–Kier alpha value is -4.60. The number of aromatic nitrogens is 4. The molecule has 0 aliphatic carbocycles. The monoisotopic (exact) mass is 990 g/mol. The average Bonchev–Trinajstić information content (AvgIpc) is 3.81. The largest absolute Gasteiger partial charge is 0.669 e. The van der Waals surface area contributed by atoms with E-state index in [-0.39, 0.29) is 42.1 Å². The third-order valence-corrected chi connectivity index (χ3v) is 7.25. The summed E-state index contributed by atoms with van der Waals surface area (Å²) in [5, 5.41) is 0. The molecule has 0 spiro atoms. The number of pyridine rings is 2. The molecule has 0 aliphatic heterocycles. The van der Waals surface area contributed by atoms with Crippen LogP contribution in [0.25, 0.3) is 11.1 Å². The van der Waals surface area contributed by atoms with Crippen molar-refractivity contribution >= 4 is 0 Å². The minimum absolute atomic E-state index is 0. The maximum atomic E-state index is 6.57. The second-order valence-electron chi connectivity index (χ2n) is 10.3. The first-order valence-corrected chi connectivity index (χ1v) is 14.4. The molecule has 8 heteroatoms. The Morgan fingerprint density at radius 2 is 0.938 bits per heavy atom. The van der Waals surface area contributed by atoms with E-state index in [9.17, 15) is 0 Å². The van der Waals surface area contributed by atoms with Gasteiger partial charge in [-0.25, -0.2) is 22.1 Å². The number of benzene rings is 2. The summed E-state index contributed by atoms with van der Waals surface area (Å²) in [6.45, 7) is 12.2. The van der Waals surface area contributed by atoms with Crippen LogP contribution in [0.5, 0.6) is 23.3 Å². The van der Waals surface area contributed by atoms with Gasteiger partial charge in [0.25, 0.3) is 0 Å². The number of rotatable bonds is 5. The van der Waals surface area contributed by atoms with Crippen LogP contribution in [0, 0.1) is 90.7 Å². The van der Waals surface area contributed by atoms with Crippen molar-refractivity contribution in [2.24, 2.45) is 0 Å². The van der Waals surface area contributed by atoms with Crippen LogP contribution in [0.1, 0.15) is 33.4 Å². The molecule has 0 fully saturated rings. The summed E-state index contributed by atoms with van der Waals surface area (Å²) in [6, 6.07) is 31.8. The SMILES string of the molecule is Cc1cnc(Oc2[c-]c(-c3[c-]ccc(Oc4ncc(C)c(C)c4C)[c-]3)[c-]cc2)c(C)c1C.[C-]#Cn1cccc1.[C-]#Cn1cccc1.[Pt].[Pt]. The van der Waals surface area contributed by atoms with Gasteiger partial charge in [-0.2, -0.15) is 12.1 Å². The van der Waals surface area contributed by atoms with Crippen molar-refractivity contribution in [2.75, 3.05) is 0 Å². The Bertz CT molecular complexity index is 1840. The van der Waals surface area contributed by atoms with Gasteiger partial charge in [0, 0.05) is 90.4 Å². The van der Waals surface area contributed by atoms with Crippen molar-refractivity contribution in [1.82, 2.24) is 19.1 Å². The molecule has 0 N–H and O–H groups in total. The molecule has 250 valence electrons. The fourth-order valence-corrected chi connectivity index (χ4v) is 4.03. The zero-order valence-corrected chi connectivity index (χ0v) is 31.9. The normalized spacial score (nSPS) is 9.50. The van der Waals surface area contributed by atoms with Crippen LogP contribution in [0.2, 0.25) is 0 Å². The second-order valence-corrected chi connectivity index (χ2v) is 10.3. The summed E-state index contributed by atoms with van der Waals surface area (Å²) in [6.07, 6.45) is 23.8. The molecule has 2 aromatic carbocycles. The van der Waals surface area contributed by atoms with Crippen LogP contribution in [0.4, 0.5) is 0 Å². The molecule has 0 saturated carbocycles. The predicted molar refractivity (Wildman–Crippen MR) is 178 cm³/mol. The molecule has 4 heterocycles. The summed E-state index contributed by atoms with van der Waals surface area (Å²) < 4.78 is 15.1. The summed E-state index contributed by atoms with van der Waals surface area (Å²) in [4.78, 5) is 8.85. The van der Waals surface area contributed by atoms with Crippen LogP contribution in [-0.4, -0.2) is 19.1 Å². The van der Waals surface area contributed by atoms with E-state index in [0.717, 1.165) is 22.3 Å². The van der Waals surface area contributed by atoms with Crippen molar-refractivity contribution in [3.05, 3.63) is 156 Å². The zero-order chi connectivity index (χ0) is 33.1. The molecule has 4 aromatic heterocycles. The Labute approximate surface area is 313 Å². The molecule has 0 aliphatic rings. The predicted octanol–water partition coefficient (Wildman–Crippen LogP) is 8.54. The Balaban J connectivity index is 0.000000413. The van der Waals surface area contributed by atoms with Gasteiger partial charge in [-0.3, -0.25) is 12.1 Å². The zero-order valence-electron chi connectivity index (χ0n) is 27.3. The Morgan fingerprint density at radius 1 is 0.583 bits per heavy atom. The summed E-state index contributed by atoms with van der Waals surface area (Å²) >= 11 is 0. The van der Waals surface area contributed by atoms with Crippen LogP contribution < -0.4 is 9.47 Å². The van der Waals surface area contributed by atoms with Gasteiger partial charge in [-0.05, 0) is 88.1 Å². The molecule has 0 bridgehead atoms. The number of ether oxygens (including phenoxy) is 2. The standard InChI is InChI=1S/C28H24N2O2.2C6H4N.2Pt/c1-17-15-29-27(21(5)19(17)3)31-25-11-7-9-23(13-25)24-10-8-12-26(14-24)32-28-22(6)20(4)18(2)16-30-28;2*1-2-7-5-3-4-6-7;;/h7-8,11-12,15-16H,1-6H3;2*3-6H;;/q-4;2*-1;;. The van der Waals surface area contributed by atoms with E-state index in [1.165, 1.54) is 11.1 Å². The average molecular weight is 991 g/mol. The van der Waals surface area contributed by atoms with Crippen molar-refractivity contribution in [1.29, 1.82) is 0 Å². The van der Waals surface area contributed by atoms with Crippen LogP contribution in [0.15, 0.2) is 85.7 Å². The van der Waals surface area contributed by atoms with E-state index in [1.807, 2.05) is 76.5 Å². The van der Waals surface area contributed by atoms with E-state index >= 15 is 0 Å². The first-order valence-electron chi connectivity index (χ1n) is 14.4. The van der Waals surface area contributed by atoms with E-state index in [1.54, 1.807) is 46.1 Å². The molecular weight excluding hydrogens is 959 g/mol. The first-order chi connectivity index (χ1) is 22.2. The van der Waals surface area contributed by atoms with Crippen molar-refractivity contribution in [3.63, 3.8) is 0 Å². The van der Waals surface area contributed by atoms with Crippen molar-refractivity contribution in [2.45, 2.75) is 41.5 Å². The molecule has 48 heavy (non-hydrogen) atoms. The summed E-state index contributed by atoms with van der Waals surface area (Å²) in [5.74, 6) is 2.25. The Kier molecular flexibility index (Phi) is 15.9. The third kappa shape index (κ3) is 10.7. The second kappa shape index (κ2) is 19.3. The van der Waals surface area contributed by atoms with Gasteiger partial charge in [-0.1, -0.05) is 11.5 Å². The first kappa shape index (κ1) is 39.6. The topological polar surface area (TPSA) is 54.1 Å². The number of aryl methyl sites for hydroxylation is 2. The summed E-state index contributed by atoms with van der Waals surface area (Å²) in [5.41, 5.74) is 7.98. The van der Waals surface area contributed by atoms with Gasteiger partial charge in [0.1, 0.15) is 0 Å². The van der Waals surface area contributed by atoms with Crippen LogP contribution in [0.3, 0.4) is 0 Å². The van der Waals surface area contributed by atoms with E-state index < -0.39 is 0 Å². The fraction of sp³-hybridized carbons (Fsp3) is 0.150. The molecule has 0 radical (unpaired) electrons. The minimum atomic E-state index is 0. The molecule has 6 aromatic rings. The molecule has 6 rings (SSSR count).